The van der Waals surface area contributed by atoms with E-state index in [2.05, 4.69) is 11.9 Å². The van der Waals surface area contributed by atoms with Gasteiger partial charge in [-0.15, -0.1) is 0 Å². The standard InChI is InChI=1S/C23H22N2O5/c1-5-10-30-19-9-8-16(13-20(19)29-4)12-17-21(26)24-23(28)25(22(17)27)18-11-14(2)6-7-15(18)3/h5-9,11-13H,1,10H2,2-4H3,(H,24,26,28)/b17-12+. The van der Waals surface area contributed by atoms with Crippen LogP contribution in [0.15, 0.2) is 54.6 Å². The van der Waals surface area contributed by atoms with Gasteiger partial charge in [-0.25, -0.2) is 9.69 Å². The molecule has 0 unspecified atom stereocenters. The van der Waals surface area contributed by atoms with Crippen molar-refractivity contribution in [3.63, 3.8) is 0 Å². The summed E-state index contributed by atoms with van der Waals surface area (Å²) in [7, 11) is 1.49. The first-order valence-corrected chi connectivity index (χ1v) is 9.26. The molecule has 0 radical (unpaired) electrons. The molecule has 1 heterocycles. The Kier molecular flexibility index (Phi) is 6.01. The average molecular weight is 406 g/mol. The quantitative estimate of drug-likeness (QED) is 0.451. The van der Waals surface area contributed by atoms with E-state index in [9.17, 15) is 14.4 Å². The van der Waals surface area contributed by atoms with E-state index in [-0.39, 0.29) is 5.57 Å². The number of hydrogen-bond acceptors (Lipinski definition) is 5. The van der Waals surface area contributed by atoms with Crippen molar-refractivity contribution < 1.29 is 23.9 Å². The summed E-state index contributed by atoms with van der Waals surface area (Å²) in [6, 6.07) is 9.66. The van der Waals surface area contributed by atoms with E-state index in [0.29, 0.717) is 29.4 Å². The Labute approximate surface area is 174 Å². The molecule has 1 aliphatic rings. The molecule has 1 aliphatic heterocycles. The Hall–Kier alpha value is -3.87. The molecular weight excluding hydrogens is 384 g/mol. The summed E-state index contributed by atoms with van der Waals surface area (Å²) >= 11 is 0. The highest BCUT2D eigenvalue weighted by Gasteiger charge is 2.37. The van der Waals surface area contributed by atoms with Gasteiger partial charge in [-0.1, -0.05) is 30.9 Å². The molecule has 2 aromatic carbocycles. The second-order valence-electron chi connectivity index (χ2n) is 6.76. The lowest BCUT2D eigenvalue weighted by molar-refractivity contribution is -0.122. The number of methoxy groups -OCH3 is 1. The number of anilines is 1. The Balaban J connectivity index is 2.00. The minimum absolute atomic E-state index is 0.155. The van der Waals surface area contributed by atoms with Gasteiger partial charge in [0.05, 0.1) is 12.8 Å². The maximum absolute atomic E-state index is 13.1. The molecule has 0 saturated carbocycles. The van der Waals surface area contributed by atoms with Gasteiger partial charge in [0.25, 0.3) is 11.8 Å². The molecule has 0 atom stereocenters. The fraction of sp³-hybridized carbons (Fsp3) is 0.174. The zero-order chi connectivity index (χ0) is 21.8. The number of urea groups is 1. The Morgan fingerprint density at radius 1 is 1.07 bits per heavy atom. The predicted octanol–water partition coefficient (Wildman–Crippen LogP) is 3.54. The topological polar surface area (TPSA) is 84.9 Å². The van der Waals surface area contributed by atoms with Gasteiger partial charge < -0.3 is 9.47 Å². The molecule has 30 heavy (non-hydrogen) atoms. The number of carbonyl (C=O) groups is 3. The van der Waals surface area contributed by atoms with E-state index in [4.69, 9.17) is 9.47 Å². The monoisotopic (exact) mass is 406 g/mol. The molecule has 0 aliphatic carbocycles. The third-order valence-electron chi connectivity index (χ3n) is 4.56. The van der Waals surface area contributed by atoms with Gasteiger partial charge in [0.2, 0.25) is 0 Å². The van der Waals surface area contributed by atoms with Crippen LogP contribution in [0.3, 0.4) is 0 Å². The maximum Gasteiger partial charge on any atom is 0.335 e. The summed E-state index contributed by atoms with van der Waals surface area (Å²) < 4.78 is 10.8. The van der Waals surface area contributed by atoms with E-state index in [0.717, 1.165) is 16.0 Å². The zero-order valence-electron chi connectivity index (χ0n) is 17.0. The summed E-state index contributed by atoms with van der Waals surface area (Å²) in [6.07, 6.45) is 3.03. The highest BCUT2D eigenvalue weighted by atomic mass is 16.5. The van der Waals surface area contributed by atoms with Crippen molar-refractivity contribution in [2.45, 2.75) is 13.8 Å². The Bertz CT molecular complexity index is 1070. The zero-order valence-corrected chi connectivity index (χ0v) is 17.0. The number of imide groups is 2. The largest absolute Gasteiger partial charge is 0.493 e. The SMILES string of the molecule is C=CCOc1ccc(/C=C2\C(=O)NC(=O)N(c3cc(C)ccc3C)C2=O)cc1OC. The number of carbonyl (C=O) groups excluding carboxylic acids is 3. The van der Waals surface area contributed by atoms with Crippen LogP contribution in [0, 0.1) is 13.8 Å². The van der Waals surface area contributed by atoms with E-state index in [1.807, 2.05) is 19.1 Å². The average Bonchev–Trinajstić information content (AvgIpc) is 2.72. The third-order valence-corrected chi connectivity index (χ3v) is 4.56. The molecule has 0 spiro atoms. The van der Waals surface area contributed by atoms with E-state index < -0.39 is 17.8 Å². The van der Waals surface area contributed by atoms with Crippen molar-refractivity contribution in [3.8, 4) is 11.5 Å². The Morgan fingerprint density at radius 3 is 2.53 bits per heavy atom. The molecule has 2 aromatic rings. The number of hydrogen-bond donors (Lipinski definition) is 1. The lowest BCUT2D eigenvalue weighted by Gasteiger charge is -2.27. The summed E-state index contributed by atoms with van der Waals surface area (Å²) in [5, 5.41) is 2.24. The summed E-state index contributed by atoms with van der Waals surface area (Å²) in [6.45, 7) is 7.57. The molecule has 0 bridgehead atoms. The molecule has 0 aromatic heterocycles. The van der Waals surface area contributed by atoms with Crippen LogP contribution in [-0.2, 0) is 9.59 Å². The fourth-order valence-corrected chi connectivity index (χ4v) is 3.05. The van der Waals surface area contributed by atoms with Gasteiger partial charge in [-0.2, -0.15) is 0 Å². The Morgan fingerprint density at radius 2 is 1.83 bits per heavy atom. The minimum atomic E-state index is -0.776. The lowest BCUT2D eigenvalue weighted by atomic mass is 10.0. The van der Waals surface area contributed by atoms with Gasteiger partial charge in [-0.3, -0.25) is 14.9 Å². The smallest absolute Gasteiger partial charge is 0.335 e. The highest BCUT2D eigenvalue weighted by Crippen LogP contribution is 2.30. The van der Waals surface area contributed by atoms with Crippen LogP contribution < -0.4 is 19.7 Å². The van der Waals surface area contributed by atoms with Crippen molar-refractivity contribution in [3.05, 3.63) is 71.3 Å². The summed E-state index contributed by atoms with van der Waals surface area (Å²) in [5.41, 5.74) is 2.45. The molecule has 4 amide bonds. The molecule has 7 nitrogen and oxygen atoms in total. The minimum Gasteiger partial charge on any atom is -0.493 e. The van der Waals surface area contributed by atoms with Gasteiger partial charge in [0, 0.05) is 0 Å². The first kappa shape index (κ1) is 20.9. The number of benzene rings is 2. The van der Waals surface area contributed by atoms with Gasteiger partial charge >= 0.3 is 6.03 Å². The van der Waals surface area contributed by atoms with Crippen LogP contribution in [0.2, 0.25) is 0 Å². The second-order valence-corrected chi connectivity index (χ2v) is 6.76. The summed E-state index contributed by atoms with van der Waals surface area (Å²) in [5.74, 6) is -0.496. The predicted molar refractivity (Wildman–Crippen MR) is 114 cm³/mol. The van der Waals surface area contributed by atoms with Crippen LogP contribution in [0.1, 0.15) is 16.7 Å². The van der Waals surface area contributed by atoms with Gasteiger partial charge in [0.1, 0.15) is 12.2 Å². The molecule has 1 N–H and O–H groups in total. The van der Waals surface area contributed by atoms with E-state index in [1.54, 1.807) is 37.3 Å². The first-order chi connectivity index (χ1) is 14.3. The van der Waals surface area contributed by atoms with Crippen LogP contribution in [0.4, 0.5) is 10.5 Å². The van der Waals surface area contributed by atoms with Crippen LogP contribution in [0.25, 0.3) is 6.08 Å². The highest BCUT2D eigenvalue weighted by molar-refractivity contribution is 6.39. The number of nitrogens with zero attached hydrogens (tertiary/aromatic N) is 1. The molecule has 154 valence electrons. The van der Waals surface area contributed by atoms with Crippen LogP contribution in [-0.4, -0.2) is 31.6 Å². The number of barbiturate groups is 1. The fourth-order valence-electron chi connectivity index (χ4n) is 3.05. The number of ether oxygens (including phenoxy) is 2. The van der Waals surface area contributed by atoms with Crippen molar-refractivity contribution in [1.29, 1.82) is 0 Å². The van der Waals surface area contributed by atoms with Crippen molar-refractivity contribution in [2.75, 3.05) is 18.6 Å². The molecule has 7 heteroatoms. The van der Waals surface area contributed by atoms with Gasteiger partial charge in [0.15, 0.2) is 11.5 Å². The van der Waals surface area contributed by atoms with Crippen molar-refractivity contribution in [1.82, 2.24) is 5.32 Å². The summed E-state index contributed by atoms with van der Waals surface area (Å²) in [4.78, 5) is 38.9. The number of rotatable bonds is 6. The van der Waals surface area contributed by atoms with Crippen LogP contribution in [0.5, 0.6) is 11.5 Å². The van der Waals surface area contributed by atoms with Crippen molar-refractivity contribution >= 4 is 29.6 Å². The van der Waals surface area contributed by atoms with Gasteiger partial charge in [-0.05, 0) is 54.8 Å². The molecule has 1 saturated heterocycles. The molecule has 1 fully saturated rings. The van der Waals surface area contributed by atoms with E-state index in [1.165, 1.54) is 13.2 Å². The third kappa shape index (κ3) is 4.10. The lowest BCUT2D eigenvalue weighted by Crippen LogP contribution is -2.54. The number of amides is 4. The number of aryl methyl sites for hydroxylation is 2. The van der Waals surface area contributed by atoms with E-state index >= 15 is 0 Å². The normalized spacial score (nSPS) is 15.2. The first-order valence-electron chi connectivity index (χ1n) is 9.26. The van der Waals surface area contributed by atoms with Crippen LogP contribution >= 0.6 is 0 Å². The molecular formula is C23H22N2O5. The molecule has 3 rings (SSSR count). The number of nitrogens with one attached hydrogen (secondary N) is 1. The second kappa shape index (κ2) is 8.65. The van der Waals surface area contributed by atoms with Crippen molar-refractivity contribution in [2.24, 2.45) is 0 Å². The maximum atomic E-state index is 13.1.